The Kier molecular flexibility index (Phi) is 4.20. The summed E-state index contributed by atoms with van der Waals surface area (Å²) in [6.45, 7) is 2.04. The van der Waals surface area contributed by atoms with Crippen LogP contribution in [-0.2, 0) is 9.84 Å². The number of benzene rings is 2. The maximum absolute atomic E-state index is 13.3. The van der Waals surface area contributed by atoms with Crippen molar-refractivity contribution >= 4 is 9.84 Å². The molecule has 1 atom stereocenters. The zero-order valence-corrected chi connectivity index (χ0v) is 12.0. The van der Waals surface area contributed by atoms with E-state index in [1.54, 1.807) is 30.3 Å². The smallest absolute Gasteiger partial charge is 0.190 e. The fourth-order valence-electron chi connectivity index (χ4n) is 2.10. The number of hydrogen-bond acceptors (Lipinski definition) is 2. The Morgan fingerprint density at radius 1 is 1.15 bits per heavy atom. The van der Waals surface area contributed by atoms with Gasteiger partial charge in [-0.15, -0.1) is 0 Å². The first-order valence-corrected chi connectivity index (χ1v) is 7.85. The molecule has 0 aliphatic heterocycles. The number of halogens is 1. The molecule has 0 heterocycles. The second kappa shape index (κ2) is 5.73. The number of rotatable bonds is 4. The average molecular weight is 294 g/mol. The van der Waals surface area contributed by atoms with Crippen molar-refractivity contribution in [2.45, 2.75) is 17.1 Å². The molecule has 3 N–H and O–H groups in total. The summed E-state index contributed by atoms with van der Waals surface area (Å²) in [5, 5.41) is -0.832. The number of aryl methyl sites for hydroxylation is 1. The highest BCUT2D eigenvalue weighted by molar-refractivity contribution is 7.91. The molecule has 0 aliphatic rings. The van der Waals surface area contributed by atoms with E-state index in [1.807, 2.05) is 6.92 Å². The molecule has 0 fully saturated rings. The highest BCUT2D eigenvalue weighted by Gasteiger charge is 2.29. The lowest BCUT2D eigenvalue weighted by molar-refractivity contribution is -0.367. The van der Waals surface area contributed by atoms with Crippen molar-refractivity contribution in [2.75, 3.05) is 6.54 Å². The summed E-state index contributed by atoms with van der Waals surface area (Å²) >= 11 is 0. The van der Waals surface area contributed by atoms with E-state index in [2.05, 4.69) is 5.73 Å². The van der Waals surface area contributed by atoms with Gasteiger partial charge in [-0.1, -0.05) is 29.8 Å². The third-order valence-corrected chi connectivity index (χ3v) is 5.39. The summed E-state index contributed by atoms with van der Waals surface area (Å²) in [5.41, 5.74) is 5.12. The van der Waals surface area contributed by atoms with Gasteiger partial charge in [-0.25, -0.2) is 12.8 Å². The molecule has 0 unspecified atom stereocenters. The van der Waals surface area contributed by atoms with Gasteiger partial charge in [-0.2, -0.15) is 0 Å². The molecule has 0 spiro atoms. The second-order valence-corrected chi connectivity index (χ2v) is 6.82. The number of quaternary nitrogens is 1. The molecule has 0 bridgehead atoms. The van der Waals surface area contributed by atoms with Crippen LogP contribution in [0.15, 0.2) is 53.4 Å². The maximum Gasteiger partial charge on any atom is 0.190 e. The van der Waals surface area contributed by atoms with Gasteiger partial charge in [0.25, 0.3) is 0 Å². The van der Waals surface area contributed by atoms with E-state index < -0.39 is 20.9 Å². The van der Waals surface area contributed by atoms with E-state index in [0.717, 1.165) is 5.56 Å². The van der Waals surface area contributed by atoms with E-state index in [1.165, 1.54) is 18.2 Å². The Balaban J connectivity index is 2.47. The Bertz CT molecular complexity index is 696. The largest absolute Gasteiger partial charge is 0.356 e. The van der Waals surface area contributed by atoms with Crippen LogP contribution in [0.5, 0.6) is 0 Å². The van der Waals surface area contributed by atoms with E-state index in [-0.39, 0.29) is 11.4 Å². The van der Waals surface area contributed by atoms with E-state index in [4.69, 9.17) is 0 Å². The second-order valence-electron chi connectivity index (χ2n) is 4.69. The van der Waals surface area contributed by atoms with Gasteiger partial charge in [-0.05, 0) is 36.8 Å². The van der Waals surface area contributed by atoms with Crippen molar-refractivity contribution in [3.63, 3.8) is 0 Å². The topological polar surface area (TPSA) is 61.8 Å². The van der Waals surface area contributed by atoms with Crippen LogP contribution in [0.3, 0.4) is 0 Å². The Morgan fingerprint density at radius 3 is 2.35 bits per heavy atom. The summed E-state index contributed by atoms with van der Waals surface area (Å²) in [6.07, 6.45) is 0. The Hall–Kier alpha value is -1.72. The van der Waals surface area contributed by atoms with Crippen LogP contribution < -0.4 is 5.73 Å². The standard InChI is InChI=1S/C15H16FNO2S/c1-11-5-7-14(8-6-11)20(18,19)15(10-17)12-3-2-4-13(16)9-12/h2-9,15H,10,17H2,1H3/p+1/t15-/m1/s1. The monoisotopic (exact) mass is 294 g/mol. The Morgan fingerprint density at radius 2 is 1.80 bits per heavy atom. The lowest BCUT2D eigenvalue weighted by Crippen LogP contribution is -2.54. The molecule has 5 heteroatoms. The summed E-state index contributed by atoms with van der Waals surface area (Å²) in [4.78, 5) is 0.237. The van der Waals surface area contributed by atoms with E-state index in [0.29, 0.717) is 5.56 Å². The van der Waals surface area contributed by atoms with Crippen LogP contribution in [0.1, 0.15) is 16.4 Å². The summed E-state index contributed by atoms with van der Waals surface area (Å²) < 4.78 is 38.5. The van der Waals surface area contributed by atoms with Gasteiger partial charge in [-0.3, -0.25) is 0 Å². The first-order valence-electron chi connectivity index (χ1n) is 6.30. The van der Waals surface area contributed by atoms with Crippen LogP contribution in [0.2, 0.25) is 0 Å². The molecule has 2 rings (SSSR count). The van der Waals surface area contributed by atoms with Gasteiger partial charge in [0.1, 0.15) is 11.1 Å². The molecule has 0 radical (unpaired) electrons. The zero-order chi connectivity index (χ0) is 14.8. The molecule has 0 aliphatic carbocycles. The number of hydrogen-bond donors (Lipinski definition) is 1. The van der Waals surface area contributed by atoms with Crippen molar-refractivity contribution in [1.82, 2.24) is 0 Å². The van der Waals surface area contributed by atoms with E-state index in [9.17, 15) is 12.8 Å². The van der Waals surface area contributed by atoms with Crippen LogP contribution in [-0.4, -0.2) is 15.0 Å². The molecule has 20 heavy (non-hydrogen) atoms. The quantitative estimate of drug-likeness (QED) is 0.936. The van der Waals surface area contributed by atoms with Gasteiger partial charge >= 0.3 is 0 Å². The summed E-state index contributed by atoms with van der Waals surface area (Å²) in [6, 6.07) is 12.3. The normalized spacial score (nSPS) is 13.2. The highest BCUT2D eigenvalue weighted by Crippen LogP contribution is 2.28. The molecule has 106 valence electrons. The van der Waals surface area contributed by atoms with Crippen molar-refractivity contribution in [1.29, 1.82) is 0 Å². The first kappa shape index (κ1) is 14.7. The third kappa shape index (κ3) is 2.89. The predicted octanol–water partition coefficient (Wildman–Crippen LogP) is 1.89. The van der Waals surface area contributed by atoms with Gasteiger partial charge in [0.15, 0.2) is 9.84 Å². The van der Waals surface area contributed by atoms with Gasteiger partial charge in [0.2, 0.25) is 0 Å². The van der Waals surface area contributed by atoms with Gasteiger partial charge < -0.3 is 5.73 Å². The molecular weight excluding hydrogens is 277 g/mol. The molecule has 2 aromatic carbocycles. The molecule has 2 aromatic rings. The van der Waals surface area contributed by atoms with Crippen LogP contribution in [0, 0.1) is 12.7 Å². The maximum atomic E-state index is 13.3. The third-order valence-electron chi connectivity index (χ3n) is 3.21. The summed E-state index contributed by atoms with van der Waals surface area (Å²) in [5.74, 6) is -0.444. The first-order chi connectivity index (χ1) is 9.45. The molecule has 0 saturated heterocycles. The lowest BCUT2D eigenvalue weighted by Gasteiger charge is -2.15. The highest BCUT2D eigenvalue weighted by atomic mass is 32.2. The van der Waals surface area contributed by atoms with Crippen molar-refractivity contribution in [3.8, 4) is 0 Å². The van der Waals surface area contributed by atoms with E-state index >= 15 is 0 Å². The molecular formula is C15H17FNO2S+. The molecule has 0 aromatic heterocycles. The fraction of sp³-hybridized carbons (Fsp3) is 0.200. The van der Waals surface area contributed by atoms with Crippen molar-refractivity contribution in [2.24, 2.45) is 0 Å². The van der Waals surface area contributed by atoms with Gasteiger partial charge in [0, 0.05) is 0 Å². The van der Waals surface area contributed by atoms with Gasteiger partial charge in [0.05, 0.1) is 11.4 Å². The van der Waals surface area contributed by atoms with Crippen LogP contribution in [0.4, 0.5) is 4.39 Å². The molecule has 0 amide bonds. The SMILES string of the molecule is Cc1ccc(S(=O)(=O)[C@H](C[NH3+])c2cccc(F)c2)cc1. The average Bonchev–Trinajstić information content (AvgIpc) is 2.40. The minimum absolute atomic E-state index is 0.152. The molecule has 0 saturated carbocycles. The van der Waals surface area contributed by atoms with Crippen molar-refractivity contribution < 1.29 is 18.5 Å². The summed E-state index contributed by atoms with van der Waals surface area (Å²) in [7, 11) is -3.57. The minimum Gasteiger partial charge on any atom is -0.356 e. The van der Waals surface area contributed by atoms with Crippen LogP contribution in [0.25, 0.3) is 0 Å². The van der Waals surface area contributed by atoms with Crippen LogP contribution >= 0.6 is 0 Å². The lowest BCUT2D eigenvalue weighted by atomic mass is 10.1. The van der Waals surface area contributed by atoms with Crippen molar-refractivity contribution in [3.05, 3.63) is 65.5 Å². The zero-order valence-electron chi connectivity index (χ0n) is 11.2. The Labute approximate surface area is 118 Å². The molecule has 3 nitrogen and oxygen atoms in total. The number of sulfone groups is 1. The fourth-order valence-corrected chi connectivity index (χ4v) is 3.76. The minimum atomic E-state index is -3.57. The predicted molar refractivity (Wildman–Crippen MR) is 75.3 cm³/mol.